The van der Waals surface area contributed by atoms with Crippen LogP contribution in [0.4, 0.5) is 39.5 Å². The molecule has 0 aliphatic rings. The topological polar surface area (TPSA) is 138 Å². The first-order valence-corrected chi connectivity index (χ1v) is 17.6. The van der Waals surface area contributed by atoms with Gasteiger partial charge in [-0.2, -0.15) is 39.5 Å². The number of allylic oxidation sites excluding steroid dienone is 6. The van der Waals surface area contributed by atoms with Gasteiger partial charge in [0.15, 0.2) is 17.3 Å². The summed E-state index contributed by atoms with van der Waals surface area (Å²) in [6.07, 6.45) is -10.5. The Morgan fingerprint density at radius 1 is 0.474 bits per heavy atom. The molecule has 0 spiro atoms. The second kappa shape index (κ2) is 22.0. The standard InChI is InChI=1S/C12H8N2.3C8H5F3O2S.Eu/c1-3-9-5-6-10-4-2-8-14-12(10)11(9)13-7-1;3*9-8(10,11)7(13)4-5(12)6-2-1-3-14-6;/h1-8H;3*1-4,13H;/b;3*7-4-;. The van der Waals surface area contributed by atoms with Crippen molar-refractivity contribution in [1.29, 1.82) is 0 Å². The first-order chi connectivity index (χ1) is 26.2. The Morgan fingerprint density at radius 3 is 0.982 bits per heavy atom. The van der Waals surface area contributed by atoms with Crippen molar-refractivity contribution in [2.45, 2.75) is 18.5 Å². The van der Waals surface area contributed by atoms with E-state index in [0.717, 1.165) is 55.8 Å². The van der Waals surface area contributed by atoms with Gasteiger partial charge >= 0.3 is 18.5 Å². The van der Waals surface area contributed by atoms with Gasteiger partial charge < -0.3 is 15.3 Å². The molecule has 5 aromatic heterocycles. The fraction of sp³-hybridized carbons (Fsp3) is 0.0833. The number of hydrogen-bond acceptors (Lipinski definition) is 11. The molecule has 1 aromatic carbocycles. The number of halogens is 9. The number of nitrogens with zero attached hydrogens (tertiary/aromatic N) is 2. The van der Waals surface area contributed by atoms with E-state index >= 15 is 0 Å². The fourth-order valence-corrected chi connectivity index (χ4v) is 5.68. The average molecular weight is 999 g/mol. The summed E-state index contributed by atoms with van der Waals surface area (Å²) in [6.45, 7) is 0. The third-order valence-corrected chi connectivity index (χ3v) is 8.96. The van der Waals surface area contributed by atoms with E-state index in [1.807, 2.05) is 12.1 Å². The van der Waals surface area contributed by atoms with Crippen LogP contribution in [0, 0.1) is 49.4 Å². The van der Waals surface area contributed by atoms with Gasteiger partial charge in [0.1, 0.15) is 0 Å². The minimum absolute atomic E-state index is 0. The summed E-state index contributed by atoms with van der Waals surface area (Å²) in [6, 6.07) is 20.9. The molecule has 0 fully saturated rings. The van der Waals surface area contributed by atoms with Crippen molar-refractivity contribution >= 4 is 73.2 Å². The van der Waals surface area contributed by atoms with Gasteiger partial charge in [-0.3, -0.25) is 24.4 Å². The smallest absolute Gasteiger partial charge is 0.448 e. The van der Waals surface area contributed by atoms with E-state index in [9.17, 15) is 53.9 Å². The zero-order valence-corrected chi connectivity index (χ0v) is 32.9. The van der Waals surface area contributed by atoms with Gasteiger partial charge in [0, 0.05) is 90.8 Å². The molecule has 1 radical (unpaired) electrons. The van der Waals surface area contributed by atoms with Gasteiger partial charge in [-0.05, 0) is 46.5 Å². The van der Waals surface area contributed by atoms with E-state index in [1.165, 1.54) is 36.4 Å². The number of benzene rings is 1. The van der Waals surface area contributed by atoms with Crippen molar-refractivity contribution in [3.63, 3.8) is 0 Å². The molecular weight excluding hydrogens is 976 g/mol. The summed E-state index contributed by atoms with van der Waals surface area (Å²) < 4.78 is 106. The van der Waals surface area contributed by atoms with Crippen LogP contribution in [-0.2, 0) is 0 Å². The Labute approximate surface area is 368 Å². The van der Waals surface area contributed by atoms with E-state index in [0.29, 0.717) is 0 Å². The summed E-state index contributed by atoms with van der Waals surface area (Å²) in [4.78, 5) is 42.3. The molecule has 0 saturated heterocycles. The number of ketones is 3. The molecule has 0 aliphatic carbocycles. The second-order valence-electron chi connectivity index (χ2n) is 10.3. The molecule has 0 atom stereocenters. The number of thiophene rings is 3. The minimum Gasteiger partial charge on any atom is -0.504 e. The van der Waals surface area contributed by atoms with Gasteiger partial charge in [-0.15, -0.1) is 34.0 Å². The number of rotatable bonds is 6. The van der Waals surface area contributed by atoms with Crippen molar-refractivity contribution in [2.24, 2.45) is 0 Å². The number of aliphatic hydroxyl groups excluding tert-OH is 3. The van der Waals surface area contributed by atoms with Crippen molar-refractivity contribution in [3.05, 3.63) is 151 Å². The van der Waals surface area contributed by atoms with Crippen LogP contribution in [0.25, 0.3) is 21.8 Å². The molecule has 6 aromatic rings. The van der Waals surface area contributed by atoms with Crippen LogP contribution in [0.15, 0.2) is 137 Å². The van der Waals surface area contributed by atoms with Crippen LogP contribution in [0.2, 0.25) is 0 Å². The molecule has 0 amide bonds. The van der Waals surface area contributed by atoms with Crippen LogP contribution < -0.4 is 0 Å². The molecule has 3 N–H and O–H groups in total. The van der Waals surface area contributed by atoms with E-state index in [1.54, 1.807) is 28.5 Å². The largest absolute Gasteiger partial charge is 0.504 e. The maximum absolute atomic E-state index is 11.8. The van der Waals surface area contributed by atoms with Crippen LogP contribution in [0.5, 0.6) is 0 Å². The molecule has 0 aliphatic heterocycles. The fourth-order valence-electron chi connectivity index (χ4n) is 3.77. The molecule has 5 heterocycles. The van der Waals surface area contributed by atoms with Crippen molar-refractivity contribution < 1.29 is 119 Å². The molecule has 6 rings (SSSR count). The van der Waals surface area contributed by atoms with E-state index in [-0.39, 0.29) is 82.2 Å². The van der Waals surface area contributed by atoms with Gasteiger partial charge in [-0.25, -0.2) is 0 Å². The summed E-state index contributed by atoms with van der Waals surface area (Å²) in [5.74, 6) is -8.19. The Bertz CT molecular complexity index is 2090. The number of carbonyl (C=O) groups is 3. The normalized spacial score (nSPS) is 12.2. The van der Waals surface area contributed by atoms with E-state index in [2.05, 4.69) is 34.2 Å². The first-order valence-electron chi connectivity index (χ1n) is 14.9. The van der Waals surface area contributed by atoms with Gasteiger partial charge in [0.25, 0.3) is 0 Å². The van der Waals surface area contributed by atoms with Crippen LogP contribution >= 0.6 is 34.0 Å². The number of aromatic nitrogens is 2. The molecule has 21 heteroatoms. The molecular formula is C36H23EuF9N2O6S3. The summed E-state index contributed by atoms with van der Waals surface area (Å²) in [5.41, 5.74) is 1.95. The van der Waals surface area contributed by atoms with Gasteiger partial charge in [0.2, 0.25) is 17.3 Å². The van der Waals surface area contributed by atoms with Crippen LogP contribution in [0.3, 0.4) is 0 Å². The summed E-state index contributed by atoms with van der Waals surface area (Å²) in [5, 5.41) is 32.4. The van der Waals surface area contributed by atoms with Crippen LogP contribution in [0.1, 0.15) is 29.0 Å². The van der Waals surface area contributed by atoms with Gasteiger partial charge in [-0.1, -0.05) is 42.5 Å². The van der Waals surface area contributed by atoms with Crippen LogP contribution in [-0.4, -0.2) is 61.2 Å². The Kier molecular flexibility index (Phi) is 18.9. The zero-order chi connectivity index (χ0) is 41.7. The minimum atomic E-state index is -4.87. The van der Waals surface area contributed by atoms with Crippen molar-refractivity contribution in [3.8, 4) is 0 Å². The number of hydrogen-bond donors (Lipinski definition) is 3. The van der Waals surface area contributed by atoms with E-state index < -0.39 is 53.2 Å². The molecule has 8 nitrogen and oxygen atoms in total. The summed E-state index contributed by atoms with van der Waals surface area (Å²) >= 11 is 3.03. The third kappa shape index (κ3) is 15.9. The Hall–Kier alpha value is -4.28. The second-order valence-corrected chi connectivity index (χ2v) is 13.2. The summed E-state index contributed by atoms with van der Waals surface area (Å²) in [7, 11) is 0. The monoisotopic (exact) mass is 999 g/mol. The average Bonchev–Trinajstić information content (AvgIpc) is 3.96. The molecule has 0 saturated carbocycles. The molecule has 57 heavy (non-hydrogen) atoms. The first kappa shape index (κ1) is 48.9. The predicted molar refractivity (Wildman–Crippen MR) is 193 cm³/mol. The number of fused-ring (bicyclic) bond motifs is 3. The number of pyridine rings is 2. The molecule has 0 unspecified atom stereocenters. The quantitative estimate of drug-likeness (QED) is 0.0493. The number of carbonyl (C=O) groups excluding carboxylic acids is 3. The zero-order valence-electron chi connectivity index (χ0n) is 28.0. The number of alkyl halides is 9. The SMILES string of the molecule is O=C(/C=C(\O)C(F)(F)F)c1cccs1.O=C(/C=C(\O)C(F)(F)F)c1cccs1.O=C(/C=C(\O)C(F)(F)F)c1cccs1.[Eu].c1cnc2c(c1)ccc1cccnc12. The third-order valence-electron chi connectivity index (χ3n) is 6.31. The number of aliphatic hydroxyl groups is 3. The van der Waals surface area contributed by atoms with Gasteiger partial charge in [0.05, 0.1) is 25.7 Å². The Balaban J connectivity index is 0.000000261. The van der Waals surface area contributed by atoms with Crippen molar-refractivity contribution in [2.75, 3.05) is 0 Å². The molecule has 0 bridgehead atoms. The van der Waals surface area contributed by atoms with E-state index in [4.69, 9.17) is 15.3 Å². The maximum atomic E-state index is 11.8. The molecule has 301 valence electrons. The maximum Gasteiger partial charge on any atom is 0.448 e. The predicted octanol–water partition coefficient (Wildman–Crippen LogP) is 11.6. The van der Waals surface area contributed by atoms with Crippen molar-refractivity contribution in [1.82, 2.24) is 9.97 Å². The Morgan fingerprint density at radius 2 is 0.754 bits per heavy atom.